The highest BCUT2D eigenvalue weighted by Crippen LogP contribution is 2.28. The van der Waals surface area contributed by atoms with Crippen LogP contribution in [-0.4, -0.2) is 32.5 Å². The molecule has 3 N–H and O–H groups in total. The molecule has 1 atom stereocenters. The third kappa shape index (κ3) is 1.30. The SMILES string of the molecule is CC1CCCN1c1nc(N)nc2nc[nH]c12. The number of nitrogens with two attached hydrogens (primary N) is 1. The molecular weight excluding hydrogens is 204 g/mol. The van der Waals surface area contributed by atoms with Crippen LogP contribution in [0, 0.1) is 0 Å². The highest BCUT2D eigenvalue weighted by Gasteiger charge is 2.24. The molecular formula is C10H14N6. The third-order valence-electron chi connectivity index (χ3n) is 3.11. The van der Waals surface area contributed by atoms with Crippen molar-refractivity contribution in [3.63, 3.8) is 0 Å². The minimum atomic E-state index is 0.286. The molecule has 3 rings (SSSR count). The Balaban J connectivity index is 2.17. The second-order valence-corrected chi connectivity index (χ2v) is 4.19. The molecule has 84 valence electrons. The number of aromatic nitrogens is 4. The summed E-state index contributed by atoms with van der Waals surface area (Å²) in [5.41, 5.74) is 7.21. The van der Waals surface area contributed by atoms with E-state index in [1.54, 1.807) is 6.33 Å². The summed E-state index contributed by atoms with van der Waals surface area (Å²) in [4.78, 5) is 17.9. The minimum absolute atomic E-state index is 0.286. The van der Waals surface area contributed by atoms with Crippen molar-refractivity contribution in [2.75, 3.05) is 17.2 Å². The van der Waals surface area contributed by atoms with Gasteiger partial charge in [0.05, 0.1) is 6.33 Å². The van der Waals surface area contributed by atoms with Crippen LogP contribution >= 0.6 is 0 Å². The van der Waals surface area contributed by atoms with Crippen LogP contribution in [0.4, 0.5) is 11.8 Å². The lowest BCUT2D eigenvalue weighted by Gasteiger charge is -2.22. The molecule has 1 saturated heterocycles. The van der Waals surface area contributed by atoms with Crippen molar-refractivity contribution < 1.29 is 0 Å². The molecule has 0 spiro atoms. The molecule has 0 aromatic carbocycles. The topological polar surface area (TPSA) is 83.7 Å². The van der Waals surface area contributed by atoms with Gasteiger partial charge in [-0.15, -0.1) is 0 Å². The maximum Gasteiger partial charge on any atom is 0.224 e. The summed E-state index contributed by atoms with van der Waals surface area (Å²) >= 11 is 0. The molecule has 3 heterocycles. The highest BCUT2D eigenvalue weighted by molar-refractivity contribution is 5.84. The Hall–Kier alpha value is -1.85. The van der Waals surface area contributed by atoms with E-state index in [2.05, 4.69) is 31.8 Å². The number of anilines is 2. The van der Waals surface area contributed by atoms with Crippen molar-refractivity contribution in [1.29, 1.82) is 0 Å². The van der Waals surface area contributed by atoms with E-state index in [0.717, 1.165) is 17.9 Å². The summed E-state index contributed by atoms with van der Waals surface area (Å²) in [5.74, 6) is 1.17. The van der Waals surface area contributed by atoms with Gasteiger partial charge in [0, 0.05) is 12.6 Å². The Morgan fingerprint density at radius 2 is 2.38 bits per heavy atom. The number of rotatable bonds is 1. The molecule has 6 nitrogen and oxygen atoms in total. The lowest BCUT2D eigenvalue weighted by molar-refractivity contribution is 0.729. The summed E-state index contributed by atoms with van der Waals surface area (Å²) in [6.45, 7) is 3.22. The Morgan fingerprint density at radius 3 is 3.12 bits per heavy atom. The van der Waals surface area contributed by atoms with E-state index in [9.17, 15) is 0 Å². The van der Waals surface area contributed by atoms with E-state index < -0.39 is 0 Å². The van der Waals surface area contributed by atoms with Crippen molar-refractivity contribution in [3.8, 4) is 0 Å². The quantitative estimate of drug-likeness (QED) is 0.743. The number of nitrogens with one attached hydrogen (secondary N) is 1. The summed E-state index contributed by atoms with van der Waals surface area (Å²) in [6.07, 6.45) is 4.02. The smallest absolute Gasteiger partial charge is 0.224 e. The molecule has 1 aliphatic rings. The van der Waals surface area contributed by atoms with Crippen molar-refractivity contribution >= 4 is 22.9 Å². The maximum atomic E-state index is 5.69. The fourth-order valence-electron chi connectivity index (χ4n) is 2.29. The second kappa shape index (κ2) is 3.33. The maximum absolute atomic E-state index is 5.69. The number of H-pyrrole nitrogens is 1. The van der Waals surface area contributed by atoms with E-state index in [-0.39, 0.29) is 5.95 Å². The van der Waals surface area contributed by atoms with Gasteiger partial charge in [-0.2, -0.15) is 9.97 Å². The Labute approximate surface area is 92.9 Å². The molecule has 2 aromatic heterocycles. The van der Waals surface area contributed by atoms with Gasteiger partial charge in [0.15, 0.2) is 11.5 Å². The fourth-order valence-corrected chi connectivity index (χ4v) is 2.29. The molecule has 0 bridgehead atoms. The number of hydrogen-bond acceptors (Lipinski definition) is 5. The van der Waals surface area contributed by atoms with Crippen molar-refractivity contribution in [1.82, 2.24) is 19.9 Å². The van der Waals surface area contributed by atoms with Crippen LogP contribution in [0.2, 0.25) is 0 Å². The lowest BCUT2D eigenvalue weighted by Crippen LogP contribution is -2.27. The molecule has 6 heteroatoms. The van der Waals surface area contributed by atoms with E-state index in [0.29, 0.717) is 11.7 Å². The molecule has 1 fully saturated rings. The van der Waals surface area contributed by atoms with Gasteiger partial charge in [0.25, 0.3) is 0 Å². The zero-order chi connectivity index (χ0) is 11.1. The zero-order valence-electron chi connectivity index (χ0n) is 9.14. The van der Waals surface area contributed by atoms with Crippen LogP contribution in [-0.2, 0) is 0 Å². The van der Waals surface area contributed by atoms with Crippen molar-refractivity contribution in [2.45, 2.75) is 25.8 Å². The van der Waals surface area contributed by atoms with Crippen LogP contribution in [0.3, 0.4) is 0 Å². The monoisotopic (exact) mass is 218 g/mol. The standard InChI is InChI=1S/C10H14N6/c1-6-3-2-4-16(6)9-7-8(13-5-12-7)14-10(11)15-9/h5-6H,2-4H2,1H3,(H3,11,12,13,14,15). The van der Waals surface area contributed by atoms with Gasteiger partial charge >= 0.3 is 0 Å². The van der Waals surface area contributed by atoms with Crippen LogP contribution in [0.15, 0.2) is 6.33 Å². The minimum Gasteiger partial charge on any atom is -0.368 e. The average molecular weight is 218 g/mol. The van der Waals surface area contributed by atoms with Gasteiger partial charge in [-0.1, -0.05) is 0 Å². The van der Waals surface area contributed by atoms with Crippen LogP contribution in [0.25, 0.3) is 11.2 Å². The van der Waals surface area contributed by atoms with Gasteiger partial charge in [-0.3, -0.25) is 0 Å². The number of nitrogens with zero attached hydrogens (tertiary/aromatic N) is 4. The average Bonchev–Trinajstić information content (AvgIpc) is 2.84. The molecule has 16 heavy (non-hydrogen) atoms. The van der Waals surface area contributed by atoms with Gasteiger partial charge in [-0.25, -0.2) is 4.98 Å². The van der Waals surface area contributed by atoms with E-state index in [1.807, 2.05) is 0 Å². The largest absolute Gasteiger partial charge is 0.368 e. The summed E-state index contributed by atoms with van der Waals surface area (Å²) in [5, 5.41) is 0. The van der Waals surface area contributed by atoms with Gasteiger partial charge in [0.1, 0.15) is 5.52 Å². The highest BCUT2D eigenvalue weighted by atomic mass is 15.3. The van der Waals surface area contributed by atoms with Crippen LogP contribution < -0.4 is 10.6 Å². The first kappa shape index (κ1) is 9.38. The van der Waals surface area contributed by atoms with Crippen LogP contribution in [0.1, 0.15) is 19.8 Å². The Morgan fingerprint density at radius 1 is 1.50 bits per heavy atom. The molecule has 0 radical (unpaired) electrons. The lowest BCUT2D eigenvalue weighted by atomic mass is 10.2. The number of aromatic amines is 1. The third-order valence-corrected chi connectivity index (χ3v) is 3.11. The van der Waals surface area contributed by atoms with Crippen molar-refractivity contribution in [2.24, 2.45) is 0 Å². The number of fused-ring (bicyclic) bond motifs is 1. The molecule has 0 saturated carbocycles. The van der Waals surface area contributed by atoms with Gasteiger partial charge in [-0.05, 0) is 19.8 Å². The predicted octanol–water partition coefficient (Wildman–Crippen LogP) is 0.924. The number of hydrogen-bond donors (Lipinski definition) is 2. The Kier molecular flexibility index (Phi) is 1.95. The molecule has 0 aliphatic carbocycles. The summed E-state index contributed by atoms with van der Waals surface area (Å²) in [6, 6.07) is 0.501. The van der Waals surface area contributed by atoms with Crippen LogP contribution in [0.5, 0.6) is 0 Å². The first-order valence-electron chi connectivity index (χ1n) is 5.49. The zero-order valence-corrected chi connectivity index (χ0v) is 9.14. The molecule has 2 aromatic rings. The Bertz CT molecular complexity index is 519. The molecule has 0 amide bonds. The predicted molar refractivity (Wildman–Crippen MR) is 62.1 cm³/mol. The van der Waals surface area contributed by atoms with E-state index in [4.69, 9.17) is 5.73 Å². The van der Waals surface area contributed by atoms with Gasteiger partial charge in [0.2, 0.25) is 5.95 Å². The number of imidazole rings is 1. The van der Waals surface area contributed by atoms with Gasteiger partial charge < -0.3 is 15.6 Å². The summed E-state index contributed by atoms with van der Waals surface area (Å²) in [7, 11) is 0. The molecule has 1 unspecified atom stereocenters. The second-order valence-electron chi connectivity index (χ2n) is 4.19. The first-order valence-corrected chi connectivity index (χ1v) is 5.49. The normalized spacial score (nSPS) is 20.8. The molecule has 1 aliphatic heterocycles. The first-order chi connectivity index (χ1) is 7.75. The number of nitrogen functional groups attached to an aromatic ring is 1. The van der Waals surface area contributed by atoms with E-state index >= 15 is 0 Å². The van der Waals surface area contributed by atoms with Crippen molar-refractivity contribution in [3.05, 3.63) is 6.33 Å². The van der Waals surface area contributed by atoms with E-state index in [1.165, 1.54) is 12.8 Å². The fraction of sp³-hybridized carbons (Fsp3) is 0.500. The summed E-state index contributed by atoms with van der Waals surface area (Å²) < 4.78 is 0.